The van der Waals surface area contributed by atoms with E-state index in [0.717, 1.165) is 37.0 Å². The van der Waals surface area contributed by atoms with Crippen LogP contribution in [0.3, 0.4) is 0 Å². The van der Waals surface area contributed by atoms with Crippen LogP contribution in [-0.2, 0) is 19.6 Å². The number of amides is 2. The van der Waals surface area contributed by atoms with Crippen LogP contribution in [0.4, 0.5) is 5.69 Å². The summed E-state index contributed by atoms with van der Waals surface area (Å²) in [5, 5.41) is 5.96. The second-order valence-corrected chi connectivity index (χ2v) is 12.5. The Hall–Kier alpha value is -1.93. The van der Waals surface area contributed by atoms with Gasteiger partial charge >= 0.3 is 0 Å². The number of hydrogen-bond acceptors (Lipinski definition) is 4. The van der Waals surface area contributed by atoms with Crippen LogP contribution in [0.5, 0.6) is 0 Å². The molecule has 32 heavy (non-hydrogen) atoms. The van der Waals surface area contributed by atoms with Crippen LogP contribution in [0.25, 0.3) is 0 Å². The van der Waals surface area contributed by atoms with Gasteiger partial charge in [0.25, 0.3) is 0 Å². The molecular formula is C24H33N3O4S. The Morgan fingerprint density at radius 3 is 1.97 bits per heavy atom. The maximum absolute atomic E-state index is 13.3. The van der Waals surface area contributed by atoms with E-state index in [9.17, 15) is 18.0 Å². The van der Waals surface area contributed by atoms with Gasteiger partial charge in [-0.2, -0.15) is 4.31 Å². The predicted octanol–water partition coefficient (Wildman–Crippen LogP) is 3.13. The molecule has 174 valence electrons. The third-order valence-electron chi connectivity index (χ3n) is 8.12. The molecule has 0 atom stereocenters. The van der Waals surface area contributed by atoms with Crippen molar-refractivity contribution in [3.63, 3.8) is 0 Å². The minimum absolute atomic E-state index is 0.0455. The van der Waals surface area contributed by atoms with Gasteiger partial charge in [-0.05, 0) is 93.4 Å². The largest absolute Gasteiger partial charge is 0.353 e. The highest BCUT2D eigenvalue weighted by Crippen LogP contribution is 2.60. The summed E-state index contributed by atoms with van der Waals surface area (Å²) in [4.78, 5) is 24.7. The Balaban J connectivity index is 1.18. The molecule has 0 spiro atoms. The summed E-state index contributed by atoms with van der Waals surface area (Å²) >= 11 is 0. The lowest BCUT2D eigenvalue weighted by Crippen LogP contribution is -2.56. The zero-order valence-corrected chi connectivity index (χ0v) is 19.5. The topological polar surface area (TPSA) is 95.6 Å². The normalized spacial score (nSPS) is 32.6. The second kappa shape index (κ2) is 8.13. The van der Waals surface area contributed by atoms with Gasteiger partial charge < -0.3 is 10.6 Å². The monoisotopic (exact) mass is 459 g/mol. The van der Waals surface area contributed by atoms with Crippen LogP contribution in [0.15, 0.2) is 29.2 Å². The number of nitrogens with one attached hydrogen (secondary N) is 2. The molecule has 1 aliphatic heterocycles. The summed E-state index contributed by atoms with van der Waals surface area (Å²) in [5.74, 6) is 2.23. The first-order chi connectivity index (χ1) is 15.2. The van der Waals surface area contributed by atoms with Crippen LogP contribution in [0.1, 0.15) is 58.3 Å². The Morgan fingerprint density at radius 2 is 1.47 bits per heavy atom. The Morgan fingerprint density at radius 1 is 0.938 bits per heavy atom. The first-order valence-electron chi connectivity index (χ1n) is 11.9. The van der Waals surface area contributed by atoms with Gasteiger partial charge in [-0.1, -0.05) is 0 Å². The number of rotatable bonds is 5. The molecule has 0 aromatic heterocycles. The SMILES string of the molecule is CC(=O)Nc1ccc(S(=O)(=O)N2CCC(NC(=O)C34CC5CC(CC(C5)C3)C4)CC2)cc1. The van der Waals surface area contributed by atoms with Crippen LogP contribution in [0, 0.1) is 23.2 Å². The van der Waals surface area contributed by atoms with E-state index in [4.69, 9.17) is 0 Å². The van der Waals surface area contributed by atoms with Gasteiger partial charge in [0.2, 0.25) is 21.8 Å². The fourth-order valence-electron chi connectivity index (χ4n) is 7.03. The van der Waals surface area contributed by atoms with Gasteiger partial charge in [0.15, 0.2) is 0 Å². The number of hydrogen-bond donors (Lipinski definition) is 2. The summed E-state index contributed by atoms with van der Waals surface area (Å²) in [6, 6.07) is 6.31. The van der Waals surface area contributed by atoms with Gasteiger partial charge in [0.05, 0.1) is 4.90 Å². The zero-order valence-electron chi connectivity index (χ0n) is 18.7. The van der Waals surface area contributed by atoms with E-state index in [1.54, 1.807) is 12.1 Å². The quantitative estimate of drug-likeness (QED) is 0.707. The lowest BCUT2D eigenvalue weighted by molar-refractivity contribution is -0.147. The van der Waals surface area contributed by atoms with Crippen molar-refractivity contribution in [3.05, 3.63) is 24.3 Å². The number of carbonyl (C=O) groups is 2. The highest BCUT2D eigenvalue weighted by atomic mass is 32.2. The Labute approximate surface area is 190 Å². The minimum atomic E-state index is -3.59. The molecule has 2 amide bonds. The molecule has 1 saturated heterocycles. The lowest BCUT2D eigenvalue weighted by Gasteiger charge is -2.56. The van der Waals surface area contributed by atoms with Crippen molar-refractivity contribution in [1.29, 1.82) is 0 Å². The number of piperidine rings is 1. The first kappa shape index (κ1) is 21.9. The average Bonchev–Trinajstić information content (AvgIpc) is 2.73. The third kappa shape index (κ3) is 4.07. The standard InChI is InChI=1S/C24H33N3O4S/c1-16(28)25-20-2-4-22(5-3-20)32(30,31)27-8-6-21(7-9-27)26-23(29)24-13-17-10-18(14-24)12-19(11-17)15-24/h2-5,17-19,21H,6-15H2,1H3,(H,25,28)(H,26,29). The van der Waals surface area contributed by atoms with Gasteiger partial charge in [-0.3, -0.25) is 9.59 Å². The van der Waals surface area contributed by atoms with E-state index < -0.39 is 10.0 Å². The molecule has 7 nitrogen and oxygen atoms in total. The van der Waals surface area contributed by atoms with Gasteiger partial charge in [0.1, 0.15) is 0 Å². The molecule has 4 saturated carbocycles. The van der Waals surface area contributed by atoms with E-state index in [-0.39, 0.29) is 28.2 Å². The molecule has 8 heteroatoms. The van der Waals surface area contributed by atoms with E-state index in [1.807, 2.05) is 0 Å². The molecule has 5 fully saturated rings. The maximum Gasteiger partial charge on any atom is 0.243 e. The van der Waals surface area contributed by atoms with E-state index in [0.29, 0.717) is 31.6 Å². The second-order valence-electron chi connectivity index (χ2n) is 10.6. The molecule has 0 radical (unpaired) electrons. The van der Waals surface area contributed by atoms with Crippen LogP contribution in [0.2, 0.25) is 0 Å². The minimum Gasteiger partial charge on any atom is -0.353 e. The van der Waals surface area contributed by atoms with Crippen LogP contribution >= 0.6 is 0 Å². The summed E-state index contributed by atoms with van der Waals surface area (Å²) < 4.78 is 27.6. The highest BCUT2D eigenvalue weighted by Gasteiger charge is 2.54. The van der Waals surface area contributed by atoms with Crippen molar-refractivity contribution in [2.45, 2.75) is 69.2 Å². The fourth-order valence-corrected chi connectivity index (χ4v) is 8.50. The molecule has 2 N–H and O–H groups in total. The van der Waals surface area contributed by atoms with Crippen molar-refractivity contribution in [2.24, 2.45) is 23.2 Å². The summed E-state index contributed by atoms with van der Waals surface area (Å²) in [5.41, 5.74) is 0.413. The first-order valence-corrected chi connectivity index (χ1v) is 13.4. The maximum atomic E-state index is 13.3. The van der Waals surface area contributed by atoms with Crippen molar-refractivity contribution in [1.82, 2.24) is 9.62 Å². The summed E-state index contributed by atoms with van der Waals surface area (Å²) in [6.07, 6.45) is 8.37. The van der Waals surface area contributed by atoms with E-state index in [2.05, 4.69) is 10.6 Å². The lowest BCUT2D eigenvalue weighted by atomic mass is 9.49. The summed E-state index contributed by atoms with van der Waals surface area (Å²) in [6.45, 7) is 2.22. The van der Waals surface area contributed by atoms with Crippen molar-refractivity contribution in [3.8, 4) is 0 Å². The fraction of sp³-hybridized carbons (Fsp3) is 0.667. The highest BCUT2D eigenvalue weighted by molar-refractivity contribution is 7.89. The molecule has 1 heterocycles. The molecular weight excluding hydrogens is 426 g/mol. The number of sulfonamides is 1. The zero-order chi connectivity index (χ0) is 22.5. The van der Waals surface area contributed by atoms with Crippen molar-refractivity contribution < 1.29 is 18.0 Å². The van der Waals surface area contributed by atoms with Crippen molar-refractivity contribution in [2.75, 3.05) is 18.4 Å². The van der Waals surface area contributed by atoms with Crippen LogP contribution < -0.4 is 10.6 Å². The van der Waals surface area contributed by atoms with Gasteiger partial charge in [-0.15, -0.1) is 0 Å². The smallest absolute Gasteiger partial charge is 0.243 e. The molecule has 1 aromatic rings. The molecule has 4 aliphatic carbocycles. The Kier molecular flexibility index (Phi) is 5.56. The van der Waals surface area contributed by atoms with Crippen molar-refractivity contribution >= 4 is 27.5 Å². The number of anilines is 1. The summed E-state index contributed by atoms with van der Waals surface area (Å²) in [7, 11) is -3.59. The van der Waals surface area contributed by atoms with Crippen LogP contribution in [-0.4, -0.2) is 43.7 Å². The molecule has 1 aromatic carbocycles. The average molecular weight is 460 g/mol. The molecule has 6 rings (SSSR count). The molecule has 0 unspecified atom stereocenters. The number of carbonyl (C=O) groups excluding carboxylic acids is 2. The van der Waals surface area contributed by atoms with Gasteiger partial charge in [-0.25, -0.2) is 8.42 Å². The number of nitrogens with zero attached hydrogens (tertiary/aromatic N) is 1. The van der Waals surface area contributed by atoms with E-state index >= 15 is 0 Å². The Bertz CT molecular complexity index is 961. The molecule has 4 bridgehead atoms. The van der Waals surface area contributed by atoms with E-state index in [1.165, 1.54) is 42.6 Å². The molecule has 5 aliphatic rings. The van der Waals surface area contributed by atoms with Gasteiger partial charge in [0, 0.05) is 37.2 Å². The predicted molar refractivity (Wildman–Crippen MR) is 121 cm³/mol. The third-order valence-corrected chi connectivity index (χ3v) is 10.0. The number of benzene rings is 1.